The van der Waals surface area contributed by atoms with Gasteiger partial charge in [-0.05, 0) is 55.3 Å². The lowest BCUT2D eigenvalue weighted by Gasteiger charge is -2.25. The maximum Gasteiger partial charge on any atom is 0.244 e. The number of nitrogens with one attached hydrogen (secondary N) is 1. The normalized spacial score (nSPS) is 14.5. The zero-order chi connectivity index (χ0) is 25.3. The van der Waals surface area contributed by atoms with Crippen molar-refractivity contribution in [2.75, 3.05) is 47.6 Å². The Balaban J connectivity index is 1.49. The number of rotatable bonds is 11. The number of benzene rings is 2. The molecule has 1 N–H and O–H groups in total. The van der Waals surface area contributed by atoms with Crippen LogP contribution in [0.2, 0.25) is 0 Å². The van der Waals surface area contributed by atoms with Crippen LogP contribution in [0.4, 0.5) is 0 Å². The molecule has 9 nitrogen and oxygen atoms in total. The van der Waals surface area contributed by atoms with Crippen molar-refractivity contribution in [3.8, 4) is 23.0 Å². The number of hydrogen-bond donors (Lipinski definition) is 1. The van der Waals surface area contributed by atoms with Crippen LogP contribution in [-0.4, -0.2) is 66.2 Å². The molecule has 0 radical (unpaired) electrons. The van der Waals surface area contributed by atoms with E-state index in [-0.39, 0.29) is 24.0 Å². The zero-order valence-corrected chi connectivity index (χ0v) is 21.1. The van der Waals surface area contributed by atoms with Gasteiger partial charge >= 0.3 is 0 Å². The van der Waals surface area contributed by atoms with Crippen molar-refractivity contribution >= 4 is 22.0 Å². The third-order valence-corrected chi connectivity index (χ3v) is 7.51. The van der Waals surface area contributed by atoms with Gasteiger partial charge in [0.1, 0.15) is 12.4 Å². The molecule has 3 rings (SSSR count). The van der Waals surface area contributed by atoms with Gasteiger partial charge in [-0.15, -0.1) is 0 Å². The molecular formula is C25H32N2O7S. The molecule has 0 aliphatic carbocycles. The van der Waals surface area contributed by atoms with E-state index in [2.05, 4.69) is 5.32 Å². The second kappa shape index (κ2) is 12.5. The molecule has 1 fully saturated rings. The quantitative estimate of drug-likeness (QED) is 0.370. The van der Waals surface area contributed by atoms with E-state index in [1.165, 1.54) is 31.7 Å². The summed E-state index contributed by atoms with van der Waals surface area (Å²) in [5, 5.41) is 2.74. The number of carbonyl (C=O) groups is 1. The van der Waals surface area contributed by atoms with Crippen LogP contribution in [0.3, 0.4) is 0 Å². The molecule has 0 unspecified atom stereocenters. The molecule has 1 amide bonds. The molecule has 10 heteroatoms. The first kappa shape index (κ1) is 26.4. The molecule has 0 saturated carbocycles. The highest BCUT2D eigenvalue weighted by atomic mass is 32.2. The lowest BCUT2D eigenvalue weighted by Crippen LogP contribution is -2.35. The van der Waals surface area contributed by atoms with Gasteiger partial charge in [0, 0.05) is 24.7 Å². The molecule has 0 atom stereocenters. The van der Waals surface area contributed by atoms with E-state index in [4.69, 9.17) is 18.9 Å². The van der Waals surface area contributed by atoms with Crippen molar-refractivity contribution in [1.29, 1.82) is 0 Å². The Bertz CT molecular complexity index is 1130. The summed E-state index contributed by atoms with van der Waals surface area (Å²) in [7, 11) is 1.10. The highest BCUT2D eigenvalue weighted by molar-refractivity contribution is 7.89. The van der Waals surface area contributed by atoms with Gasteiger partial charge in [0.25, 0.3) is 0 Å². The van der Waals surface area contributed by atoms with Gasteiger partial charge in [-0.3, -0.25) is 4.79 Å². The molecule has 0 spiro atoms. The van der Waals surface area contributed by atoms with Gasteiger partial charge in [-0.1, -0.05) is 6.42 Å². The maximum atomic E-state index is 12.7. The van der Waals surface area contributed by atoms with Crippen LogP contribution in [0.5, 0.6) is 23.0 Å². The fraction of sp³-hybridized carbons (Fsp3) is 0.400. The molecule has 2 aromatic rings. The Labute approximate surface area is 206 Å². The number of amides is 1. The second-order valence-corrected chi connectivity index (χ2v) is 9.77. The first-order valence-electron chi connectivity index (χ1n) is 11.4. The Kier molecular flexibility index (Phi) is 9.39. The highest BCUT2D eigenvalue weighted by Gasteiger charge is 2.25. The molecule has 35 heavy (non-hydrogen) atoms. The first-order valence-corrected chi connectivity index (χ1v) is 12.8. The summed E-state index contributed by atoms with van der Waals surface area (Å²) in [6.45, 7) is 1.64. The lowest BCUT2D eigenvalue weighted by molar-refractivity contribution is -0.116. The van der Waals surface area contributed by atoms with Crippen molar-refractivity contribution in [2.45, 2.75) is 24.2 Å². The van der Waals surface area contributed by atoms with Crippen molar-refractivity contribution in [3.05, 3.63) is 48.0 Å². The molecule has 0 aromatic heterocycles. The van der Waals surface area contributed by atoms with Gasteiger partial charge in [-0.2, -0.15) is 4.31 Å². The number of carbonyl (C=O) groups excluding carboxylic acids is 1. The summed E-state index contributed by atoms with van der Waals surface area (Å²) in [5.41, 5.74) is 0.663. The molecule has 190 valence electrons. The predicted octanol–water partition coefficient (Wildman–Crippen LogP) is 3.10. The second-order valence-electron chi connectivity index (χ2n) is 7.83. The average Bonchev–Trinajstić information content (AvgIpc) is 2.89. The van der Waals surface area contributed by atoms with Gasteiger partial charge in [0.2, 0.25) is 21.7 Å². The molecule has 1 aliphatic rings. The number of hydrogen-bond acceptors (Lipinski definition) is 7. The molecule has 1 saturated heterocycles. The van der Waals surface area contributed by atoms with Crippen molar-refractivity contribution in [1.82, 2.24) is 9.62 Å². The van der Waals surface area contributed by atoms with Crippen LogP contribution in [0.25, 0.3) is 6.08 Å². The SMILES string of the molecule is COc1ccc(/C=C/C(=O)NCCOc2ccc(S(=O)(=O)N3CCCCC3)cc2)c(OC)c1OC. The van der Waals surface area contributed by atoms with E-state index < -0.39 is 10.0 Å². The summed E-state index contributed by atoms with van der Waals surface area (Å²) >= 11 is 0. The minimum absolute atomic E-state index is 0.234. The summed E-state index contributed by atoms with van der Waals surface area (Å²) in [5.74, 6) is 1.67. The van der Waals surface area contributed by atoms with Crippen LogP contribution in [0.1, 0.15) is 24.8 Å². The number of piperidine rings is 1. The average molecular weight is 505 g/mol. The van der Waals surface area contributed by atoms with E-state index in [1.807, 2.05) is 0 Å². The zero-order valence-electron chi connectivity index (χ0n) is 20.3. The van der Waals surface area contributed by atoms with E-state index in [9.17, 15) is 13.2 Å². The number of ether oxygens (including phenoxy) is 4. The van der Waals surface area contributed by atoms with Gasteiger partial charge in [-0.25, -0.2) is 8.42 Å². The van der Waals surface area contributed by atoms with Gasteiger partial charge in [0.15, 0.2) is 11.5 Å². The Morgan fingerprint density at radius 3 is 2.26 bits per heavy atom. The fourth-order valence-corrected chi connectivity index (χ4v) is 5.30. The maximum absolute atomic E-state index is 12.7. The molecule has 2 aromatic carbocycles. The molecule has 0 bridgehead atoms. The van der Waals surface area contributed by atoms with Gasteiger partial charge < -0.3 is 24.3 Å². The minimum Gasteiger partial charge on any atom is -0.493 e. The van der Waals surface area contributed by atoms with E-state index in [1.54, 1.807) is 42.5 Å². The van der Waals surface area contributed by atoms with E-state index in [0.717, 1.165) is 19.3 Å². The lowest BCUT2D eigenvalue weighted by atomic mass is 10.1. The summed E-state index contributed by atoms with van der Waals surface area (Å²) < 4.78 is 48.6. The molecule has 1 heterocycles. The van der Waals surface area contributed by atoms with E-state index >= 15 is 0 Å². The smallest absolute Gasteiger partial charge is 0.244 e. The number of methoxy groups -OCH3 is 3. The fourth-order valence-electron chi connectivity index (χ4n) is 3.79. The first-order chi connectivity index (χ1) is 16.9. The predicted molar refractivity (Wildman–Crippen MR) is 133 cm³/mol. The largest absolute Gasteiger partial charge is 0.493 e. The van der Waals surface area contributed by atoms with Crippen LogP contribution >= 0.6 is 0 Å². The number of sulfonamides is 1. The minimum atomic E-state index is -3.47. The summed E-state index contributed by atoms with van der Waals surface area (Å²) in [6.07, 6.45) is 5.87. The van der Waals surface area contributed by atoms with Crippen molar-refractivity contribution < 1.29 is 32.2 Å². The van der Waals surface area contributed by atoms with Crippen LogP contribution in [0.15, 0.2) is 47.4 Å². The van der Waals surface area contributed by atoms with Crippen LogP contribution < -0.4 is 24.3 Å². The van der Waals surface area contributed by atoms with Crippen LogP contribution in [-0.2, 0) is 14.8 Å². The molecule has 1 aliphatic heterocycles. The Morgan fingerprint density at radius 2 is 1.63 bits per heavy atom. The van der Waals surface area contributed by atoms with Crippen molar-refractivity contribution in [3.63, 3.8) is 0 Å². The topological polar surface area (TPSA) is 103 Å². The third-order valence-electron chi connectivity index (χ3n) is 5.60. The van der Waals surface area contributed by atoms with Crippen molar-refractivity contribution in [2.24, 2.45) is 0 Å². The summed E-state index contributed by atoms with van der Waals surface area (Å²) in [6, 6.07) is 9.86. The monoisotopic (exact) mass is 504 g/mol. The van der Waals surface area contributed by atoms with E-state index in [0.29, 0.717) is 41.7 Å². The number of nitrogens with zero attached hydrogens (tertiary/aromatic N) is 1. The van der Waals surface area contributed by atoms with Crippen LogP contribution in [0, 0.1) is 0 Å². The highest BCUT2D eigenvalue weighted by Crippen LogP contribution is 2.40. The van der Waals surface area contributed by atoms with Gasteiger partial charge in [0.05, 0.1) is 32.8 Å². The Hall–Kier alpha value is -3.24. The Morgan fingerprint density at radius 1 is 0.943 bits per heavy atom. The summed E-state index contributed by atoms with van der Waals surface area (Å²) in [4.78, 5) is 12.4. The standard InChI is InChI=1S/C25H32N2O7S/c1-31-22-13-7-19(24(32-2)25(22)33-3)8-14-23(28)26-15-18-34-20-9-11-21(12-10-20)35(29,30)27-16-5-4-6-17-27/h7-14H,4-6,15-18H2,1-3H3,(H,26,28)/b14-8+. The molecular weight excluding hydrogens is 472 g/mol. The third kappa shape index (κ3) is 6.67.